The molecule has 0 aliphatic carbocycles. The molecular formula is C19H22F5N5O. The van der Waals surface area contributed by atoms with Gasteiger partial charge < -0.3 is 15.0 Å². The predicted octanol–water partition coefficient (Wildman–Crippen LogP) is 4.36. The molecule has 30 heavy (non-hydrogen) atoms. The van der Waals surface area contributed by atoms with Gasteiger partial charge in [-0.15, -0.1) is 10.2 Å². The third-order valence-electron chi connectivity index (χ3n) is 4.93. The fraction of sp³-hybridized carbons (Fsp3) is 0.526. The number of aryl methyl sites for hydroxylation is 1. The number of likely N-dealkylation sites (N-methyl/N-ethyl adjacent to an activating group) is 1. The van der Waals surface area contributed by atoms with E-state index in [1.54, 1.807) is 6.92 Å². The zero-order valence-corrected chi connectivity index (χ0v) is 16.5. The molecule has 1 aromatic heterocycles. The van der Waals surface area contributed by atoms with Crippen LogP contribution >= 0.6 is 0 Å². The quantitative estimate of drug-likeness (QED) is 0.686. The molecule has 1 aliphatic rings. The van der Waals surface area contributed by atoms with Crippen molar-refractivity contribution in [1.82, 2.24) is 20.1 Å². The van der Waals surface area contributed by atoms with Gasteiger partial charge in [0, 0.05) is 18.2 Å². The highest BCUT2D eigenvalue weighted by Crippen LogP contribution is 2.37. The average Bonchev–Trinajstić information content (AvgIpc) is 2.67. The molecule has 11 heteroatoms. The second kappa shape index (κ2) is 9.07. The molecule has 1 N–H and O–H groups in total. The molecule has 0 bridgehead atoms. The molecule has 1 atom stereocenters. The van der Waals surface area contributed by atoms with E-state index in [0.717, 1.165) is 44.6 Å². The summed E-state index contributed by atoms with van der Waals surface area (Å²) < 4.78 is 68.7. The molecule has 3 rings (SSSR count). The van der Waals surface area contributed by atoms with E-state index in [-0.39, 0.29) is 23.2 Å². The Balaban J connectivity index is 1.87. The number of benzene rings is 1. The number of anilines is 1. The Morgan fingerprint density at radius 3 is 2.67 bits per heavy atom. The Hall–Kier alpha value is -2.56. The molecule has 0 radical (unpaired) electrons. The fourth-order valence-corrected chi connectivity index (χ4v) is 3.44. The Labute approximate surface area is 170 Å². The first-order chi connectivity index (χ1) is 14.2. The first-order valence-corrected chi connectivity index (χ1v) is 9.54. The van der Waals surface area contributed by atoms with E-state index in [2.05, 4.69) is 37.1 Å². The van der Waals surface area contributed by atoms with Gasteiger partial charge in [0.2, 0.25) is 5.95 Å². The van der Waals surface area contributed by atoms with Crippen molar-refractivity contribution in [2.24, 2.45) is 0 Å². The number of alkyl halides is 5. The third kappa shape index (κ3) is 5.32. The molecule has 2 aromatic rings. The molecule has 1 aliphatic heterocycles. The molecule has 1 fully saturated rings. The Kier molecular flexibility index (Phi) is 6.69. The van der Waals surface area contributed by atoms with E-state index < -0.39 is 24.1 Å². The lowest BCUT2D eigenvalue weighted by Gasteiger charge is -2.32. The van der Waals surface area contributed by atoms with Gasteiger partial charge in [-0.25, -0.2) is 4.98 Å². The molecule has 2 heterocycles. The maximum atomic E-state index is 13.0. The summed E-state index contributed by atoms with van der Waals surface area (Å²) in [6.45, 7) is 3.19. The van der Waals surface area contributed by atoms with Crippen LogP contribution in [-0.2, 0) is 6.18 Å². The number of aromatic nitrogens is 3. The zero-order chi connectivity index (χ0) is 21.9. The van der Waals surface area contributed by atoms with E-state index in [9.17, 15) is 22.0 Å². The van der Waals surface area contributed by atoms with Gasteiger partial charge >= 0.3 is 12.8 Å². The van der Waals surface area contributed by atoms with Crippen LogP contribution in [0.3, 0.4) is 0 Å². The smallest absolute Gasteiger partial charge is 0.416 e. The molecular weight excluding hydrogens is 409 g/mol. The Morgan fingerprint density at radius 1 is 1.27 bits per heavy atom. The van der Waals surface area contributed by atoms with Crippen LogP contribution in [0.2, 0.25) is 0 Å². The highest BCUT2D eigenvalue weighted by molar-refractivity contribution is 5.69. The number of hydrogen-bond donors (Lipinski definition) is 1. The average molecular weight is 431 g/mol. The van der Waals surface area contributed by atoms with Crippen molar-refractivity contribution in [2.75, 3.05) is 25.0 Å². The highest BCUT2D eigenvalue weighted by Gasteiger charge is 2.32. The van der Waals surface area contributed by atoms with Crippen molar-refractivity contribution >= 4 is 5.95 Å². The lowest BCUT2D eigenvalue weighted by molar-refractivity contribution is -0.138. The highest BCUT2D eigenvalue weighted by atomic mass is 19.4. The van der Waals surface area contributed by atoms with Crippen LogP contribution in [-0.4, -0.2) is 52.4 Å². The van der Waals surface area contributed by atoms with Crippen LogP contribution in [0.5, 0.6) is 5.75 Å². The summed E-state index contributed by atoms with van der Waals surface area (Å²) in [5.41, 5.74) is -0.739. The summed E-state index contributed by atoms with van der Waals surface area (Å²) in [5, 5.41) is 11.2. The molecule has 1 aromatic carbocycles. The van der Waals surface area contributed by atoms with Crippen LogP contribution in [0.4, 0.5) is 27.9 Å². The van der Waals surface area contributed by atoms with Gasteiger partial charge in [-0.1, -0.05) is 6.92 Å². The monoisotopic (exact) mass is 431 g/mol. The molecule has 0 unspecified atom stereocenters. The Bertz CT molecular complexity index is 877. The summed E-state index contributed by atoms with van der Waals surface area (Å²) in [5.74, 6) is -0.354. The topological polar surface area (TPSA) is 63.2 Å². The van der Waals surface area contributed by atoms with E-state index in [1.807, 2.05) is 0 Å². The zero-order valence-electron chi connectivity index (χ0n) is 16.5. The lowest BCUT2D eigenvalue weighted by Crippen LogP contribution is -2.42. The van der Waals surface area contributed by atoms with E-state index >= 15 is 0 Å². The van der Waals surface area contributed by atoms with Crippen molar-refractivity contribution < 1.29 is 26.7 Å². The van der Waals surface area contributed by atoms with Gasteiger partial charge in [0.1, 0.15) is 11.4 Å². The van der Waals surface area contributed by atoms with Crippen molar-refractivity contribution in [3.05, 3.63) is 29.5 Å². The number of nitrogens with zero attached hydrogens (tertiary/aromatic N) is 4. The van der Waals surface area contributed by atoms with Crippen LogP contribution < -0.4 is 10.1 Å². The number of piperidine rings is 1. The summed E-state index contributed by atoms with van der Waals surface area (Å²) in [6, 6.07) is 2.49. The molecule has 1 saturated heterocycles. The van der Waals surface area contributed by atoms with Gasteiger partial charge in [-0.3, -0.25) is 0 Å². The van der Waals surface area contributed by atoms with Crippen molar-refractivity contribution in [2.45, 2.75) is 45.5 Å². The maximum Gasteiger partial charge on any atom is 0.416 e. The minimum atomic E-state index is -4.70. The maximum absolute atomic E-state index is 13.0. The molecule has 0 saturated carbocycles. The third-order valence-corrected chi connectivity index (χ3v) is 4.93. The summed E-state index contributed by atoms with van der Waals surface area (Å²) in [7, 11) is 0. The summed E-state index contributed by atoms with van der Waals surface area (Å²) in [6.07, 6.45) is -2.71. The number of rotatable bonds is 6. The minimum absolute atomic E-state index is 0.0397. The van der Waals surface area contributed by atoms with Gasteiger partial charge in [0.25, 0.3) is 0 Å². The van der Waals surface area contributed by atoms with Gasteiger partial charge in [0.05, 0.1) is 11.3 Å². The first kappa shape index (κ1) is 22.1. The summed E-state index contributed by atoms with van der Waals surface area (Å²) >= 11 is 0. The summed E-state index contributed by atoms with van der Waals surface area (Å²) in [4.78, 5) is 6.62. The lowest BCUT2D eigenvalue weighted by atomic mass is 10.1. The van der Waals surface area contributed by atoms with E-state index in [4.69, 9.17) is 0 Å². The largest absolute Gasteiger partial charge is 0.434 e. The van der Waals surface area contributed by atoms with Crippen molar-refractivity contribution in [3.63, 3.8) is 0 Å². The van der Waals surface area contributed by atoms with Gasteiger partial charge in [0.15, 0.2) is 0 Å². The molecule has 6 nitrogen and oxygen atoms in total. The van der Waals surface area contributed by atoms with Crippen molar-refractivity contribution in [3.8, 4) is 17.0 Å². The minimum Gasteiger partial charge on any atom is -0.434 e. The van der Waals surface area contributed by atoms with E-state index in [1.165, 1.54) is 0 Å². The Morgan fingerprint density at radius 2 is 2.03 bits per heavy atom. The SMILES string of the molecule is CCN1CCC[C@@H](Nc2nnc(-c3ccc(C(F)(F)F)cc3OC(F)F)c(C)n2)C1. The number of ether oxygens (including phenoxy) is 1. The second-order valence-corrected chi connectivity index (χ2v) is 7.03. The first-order valence-electron chi connectivity index (χ1n) is 9.54. The predicted molar refractivity (Wildman–Crippen MR) is 100 cm³/mol. The number of nitrogens with one attached hydrogen (secondary N) is 1. The number of halogens is 5. The van der Waals surface area contributed by atoms with Gasteiger partial charge in [-0.05, 0) is 51.1 Å². The molecule has 0 amide bonds. The van der Waals surface area contributed by atoms with Crippen LogP contribution in [0, 0.1) is 6.92 Å². The van der Waals surface area contributed by atoms with Crippen LogP contribution in [0.25, 0.3) is 11.3 Å². The van der Waals surface area contributed by atoms with Crippen LogP contribution in [0.15, 0.2) is 18.2 Å². The molecule has 164 valence electrons. The van der Waals surface area contributed by atoms with Crippen molar-refractivity contribution in [1.29, 1.82) is 0 Å². The standard InChI is InChI=1S/C19H22F5N5O/c1-3-29-8-4-5-13(10-29)26-18-25-11(2)16(27-28-18)14-7-6-12(19(22,23)24)9-15(14)30-17(20)21/h6-7,9,13,17H,3-5,8,10H2,1-2H3,(H,25,26,28)/t13-/m1/s1. The van der Waals surface area contributed by atoms with Crippen LogP contribution in [0.1, 0.15) is 31.0 Å². The second-order valence-electron chi connectivity index (χ2n) is 7.03. The number of hydrogen-bond acceptors (Lipinski definition) is 6. The van der Waals surface area contributed by atoms with Gasteiger partial charge in [-0.2, -0.15) is 22.0 Å². The molecule has 0 spiro atoms. The fourth-order valence-electron chi connectivity index (χ4n) is 3.44. The number of likely N-dealkylation sites (tertiary alicyclic amines) is 1. The van der Waals surface area contributed by atoms with E-state index in [0.29, 0.717) is 11.8 Å². The normalized spacial score (nSPS) is 17.9.